The highest BCUT2D eigenvalue weighted by Gasteiger charge is 2.56. The number of fused-ring (bicyclic) bond motifs is 2. The smallest absolute Gasteiger partial charge is 0.0962 e. The average Bonchev–Trinajstić information content (AvgIpc) is 2.40. The summed E-state index contributed by atoms with van der Waals surface area (Å²) in [6, 6.07) is 0.546. The lowest BCUT2D eigenvalue weighted by Gasteiger charge is -2.61. The predicted octanol–water partition coefficient (Wildman–Crippen LogP) is 3.20. The van der Waals surface area contributed by atoms with Gasteiger partial charge in [-0.25, -0.2) is 0 Å². The SMILES string of the molecule is CC(=N[C@H]1C[C@@H]2C[C@H]([C@@H]1C)C2(C)C)N1CCOC(C)C1. The van der Waals surface area contributed by atoms with Crippen LogP contribution < -0.4 is 0 Å². The maximum atomic E-state index is 5.62. The van der Waals surface area contributed by atoms with Crippen molar-refractivity contribution in [3.05, 3.63) is 0 Å². The maximum absolute atomic E-state index is 5.62. The summed E-state index contributed by atoms with van der Waals surface area (Å²) in [7, 11) is 0. The molecule has 3 saturated carbocycles. The van der Waals surface area contributed by atoms with Crippen LogP contribution in [0.25, 0.3) is 0 Å². The van der Waals surface area contributed by atoms with Gasteiger partial charge in [-0.3, -0.25) is 4.99 Å². The van der Waals surface area contributed by atoms with Crippen LogP contribution in [0.15, 0.2) is 4.99 Å². The van der Waals surface area contributed by atoms with E-state index in [1.807, 2.05) is 0 Å². The number of hydrogen-bond acceptors (Lipinski definition) is 2. The van der Waals surface area contributed by atoms with Crippen LogP contribution in [0, 0.1) is 23.2 Å². The molecule has 0 aromatic carbocycles. The molecule has 0 amide bonds. The van der Waals surface area contributed by atoms with Gasteiger partial charge in [-0.2, -0.15) is 0 Å². The predicted molar refractivity (Wildman–Crippen MR) is 83.0 cm³/mol. The lowest BCUT2D eigenvalue weighted by atomic mass is 9.45. The Morgan fingerprint density at radius 2 is 2.00 bits per heavy atom. The first-order chi connectivity index (χ1) is 9.39. The van der Waals surface area contributed by atoms with Gasteiger partial charge in [0.15, 0.2) is 0 Å². The molecule has 20 heavy (non-hydrogen) atoms. The van der Waals surface area contributed by atoms with Crippen LogP contribution in [0.3, 0.4) is 0 Å². The Balaban J connectivity index is 1.67. The Morgan fingerprint density at radius 1 is 1.25 bits per heavy atom. The molecule has 4 fully saturated rings. The molecule has 2 bridgehead atoms. The second-order valence-electron chi connectivity index (χ2n) is 7.83. The number of morpholine rings is 1. The third-order valence-corrected chi connectivity index (χ3v) is 6.37. The van der Waals surface area contributed by atoms with Gasteiger partial charge >= 0.3 is 0 Å². The van der Waals surface area contributed by atoms with E-state index >= 15 is 0 Å². The van der Waals surface area contributed by atoms with Gasteiger partial charge in [0.25, 0.3) is 0 Å². The van der Waals surface area contributed by atoms with Crippen molar-refractivity contribution < 1.29 is 4.74 Å². The highest BCUT2D eigenvalue weighted by atomic mass is 16.5. The highest BCUT2D eigenvalue weighted by Crippen LogP contribution is 2.61. The van der Waals surface area contributed by atoms with E-state index in [1.54, 1.807) is 0 Å². The van der Waals surface area contributed by atoms with Gasteiger partial charge in [0.05, 0.1) is 24.6 Å². The summed E-state index contributed by atoms with van der Waals surface area (Å²) < 4.78 is 5.62. The molecule has 0 spiro atoms. The third kappa shape index (κ3) is 2.28. The third-order valence-electron chi connectivity index (χ3n) is 6.37. The van der Waals surface area contributed by atoms with E-state index in [4.69, 9.17) is 9.73 Å². The molecule has 0 radical (unpaired) electrons. The zero-order valence-electron chi connectivity index (χ0n) is 13.7. The van der Waals surface area contributed by atoms with E-state index < -0.39 is 0 Å². The molecule has 0 aromatic heterocycles. The molecule has 4 rings (SSSR count). The van der Waals surface area contributed by atoms with Crippen molar-refractivity contribution >= 4 is 5.84 Å². The molecule has 0 aromatic rings. The molecule has 5 atom stereocenters. The zero-order valence-corrected chi connectivity index (χ0v) is 13.7. The Hall–Kier alpha value is -0.570. The second kappa shape index (κ2) is 5.01. The van der Waals surface area contributed by atoms with Crippen LogP contribution in [-0.4, -0.2) is 42.6 Å². The summed E-state index contributed by atoms with van der Waals surface area (Å²) >= 11 is 0. The van der Waals surface area contributed by atoms with E-state index in [0.29, 0.717) is 17.6 Å². The van der Waals surface area contributed by atoms with Crippen molar-refractivity contribution in [2.24, 2.45) is 28.2 Å². The molecule has 3 aliphatic carbocycles. The molecule has 114 valence electrons. The number of hydrogen-bond donors (Lipinski definition) is 0. The Bertz CT molecular complexity index is 404. The monoisotopic (exact) mass is 278 g/mol. The fraction of sp³-hybridized carbons (Fsp3) is 0.941. The molecule has 3 heteroatoms. The molecule has 1 unspecified atom stereocenters. The summed E-state index contributed by atoms with van der Waals surface area (Å²) in [5.74, 6) is 3.75. The lowest BCUT2D eigenvalue weighted by molar-refractivity contribution is -0.108. The first-order valence-corrected chi connectivity index (χ1v) is 8.30. The van der Waals surface area contributed by atoms with Crippen LogP contribution in [0.1, 0.15) is 47.5 Å². The van der Waals surface area contributed by atoms with Crippen molar-refractivity contribution in [3.63, 3.8) is 0 Å². The number of aliphatic imine (C=N–C) groups is 1. The summed E-state index contributed by atoms with van der Waals surface area (Å²) in [5.41, 5.74) is 0.562. The molecule has 1 heterocycles. The molecule has 1 saturated heterocycles. The quantitative estimate of drug-likeness (QED) is 0.543. The summed E-state index contributed by atoms with van der Waals surface area (Å²) in [6.07, 6.45) is 3.07. The van der Waals surface area contributed by atoms with Gasteiger partial charge in [0.1, 0.15) is 0 Å². The van der Waals surface area contributed by atoms with Gasteiger partial charge in [-0.15, -0.1) is 0 Å². The van der Waals surface area contributed by atoms with Crippen LogP contribution >= 0.6 is 0 Å². The van der Waals surface area contributed by atoms with E-state index in [0.717, 1.165) is 37.5 Å². The normalized spacial score (nSPS) is 44.1. The summed E-state index contributed by atoms with van der Waals surface area (Å²) in [4.78, 5) is 7.52. The van der Waals surface area contributed by atoms with Gasteiger partial charge < -0.3 is 9.64 Å². The van der Waals surface area contributed by atoms with Crippen molar-refractivity contribution in [1.29, 1.82) is 0 Å². The fourth-order valence-electron chi connectivity index (χ4n) is 4.73. The van der Waals surface area contributed by atoms with Gasteiger partial charge in [-0.1, -0.05) is 20.8 Å². The first-order valence-electron chi connectivity index (χ1n) is 8.30. The Kier molecular flexibility index (Phi) is 3.60. The Morgan fingerprint density at radius 3 is 2.60 bits per heavy atom. The number of ether oxygens (including phenoxy) is 1. The van der Waals surface area contributed by atoms with Crippen LogP contribution in [-0.2, 0) is 4.74 Å². The van der Waals surface area contributed by atoms with Crippen molar-refractivity contribution in [1.82, 2.24) is 4.90 Å². The molecule has 3 nitrogen and oxygen atoms in total. The average molecular weight is 278 g/mol. The van der Waals surface area contributed by atoms with E-state index in [1.165, 1.54) is 18.7 Å². The molecule has 1 aliphatic heterocycles. The molecule has 4 aliphatic rings. The number of amidine groups is 1. The fourth-order valence-corrected chi connectivity index (χ4v) is 4.73. The van der Waals surface area contributed by atoms with E-state index in [9.17, 15) is 0 Å². The topological polar surface area (TPSA) is 24.8 Å². The number of rotatable bonds is 1. The van der Waals surface area contributed by atoms with Crippen molar-refractivity contribution in [3.8, 4) is 0 Å². The highest BCUT2D eigenvalue weighted by molar-refractivity contribution is 5.80. The zero-order chi connectivity index (χ0) is 14.5. The maximum Gasteiger partial charge on any atom is 0.0962 e. The Labute approximate surface area is 123 Å². The van der Waals surface area contributed by atoms with Gasteiger partial charge in [0, 0.05) is 13.1 Å². The van der Waals surface area contributed by atoms with E-state index in [2.05, 4.69) is 39.5 Å². The van der Waals surface area contributed by atoms with E-state index in [-0.39, 0.29) is 0 Å². The molecule has 0 N–H and O–H groups in total. The summed E-state index contributed by atoms with van der Waals surface area (Å²) in [6.45, 7) is 14.5. The van der Waals surface area contributed by atoms with Crippen LogP contribution in [0.2, 0.25) is 0 Å². The number of nitrogens with zero attached hydrogens (tertiary/aromatic N) is 2. The van der Waals surface area contributed by atoms with Crippen molar-refractivity contribution in [2.75, 3.05) is 19.7 Å². The lowest BCUT2D eigenvalue weighted by Crippen LogP contribution is -2.56. The molecular weight excluding hydrogens is 248 g/mol. The van der Waals surface area contributed by atoms with Crippen LogP contribution in [0.5, 0.6) is 0 Å². The minimum atomic E-state index is 0.338. The molecular formula is C17H30N2O. The standard InChI is InChI=1S/C17H30N2O/c1-11-10-19(6-7-20-11)13(3)18-16-9-14-8-15(12(16)2)17(14,4)5/h11-12,14-16H,6-10H2,1-5H3/t11?,12-,14-,15+,16-/m0/s1. The second-order valence-corrected chi connectivity index (χ2v) is 7.83. The van der Waals surface area contributed by atoms with Crippen molar-refractivity contribution in [2.45, 2.75) is 59.6 Å². The summed E-state index contributed by atoms with van der Waals surface area (Å²) in [5, 5.41) is 0. The van der Waals surface area contributed by atoms with Gasteiger partial charge in [0.2, 0.25) is 0 Å². The van der Waals surface area contributed by atoms with Crippen LogP contribution in [0.4, 0.5) is 0 Å². The largest absolute Gasteiger partial charge is 0.375 e. The minimum absolute atomic E-state index is 0.338. The van der Waals surface area contributed by atoms with Gasteiger partial charge in [-0.05, 0) is 49.9 Å². The first kappa shape index (κ1) is 14.4. The minimum Gasteiger partial charge on any atom is -0.375 e.